The predicted octanol–water partition coefficient (Wildman–Crippen LogP) is 7.45. The molecule has 0 amide bonds. The summed E-state index contributed by atoms with van der Waals surface area (Å²) in [6.07, 6.45) is 0. The van der Waals surface area contributed by atoms with Gasteiger partial charge in [-0.1, -0.05) is 77.8 Å². The normalized spacial score (nSPS) is 10.8. The Kier molecular flexibility index (Phi) is 4.58. The zero-order valence-corrected chi connectivity index (χ0v) is 15.4. The molecule has 3 aromatic carbocycles. The first-order valence-electron chi connectivity index (χ1n) is 7.79. The predicted molar refractivity (Wildman–Crippen MR) is 108 cm³/mol. The molecule has 0 aliphatic rings. The third kappa shape index (κ3) is 3.47. The summed E-state index contributed by atoms with van der Waals surface area (Å²) in [5, 5.41) is 2.43. The molecule has 1 heterocycles. The van der Waals surface area contributed by atoms with Crippen LogP contribution in [0.4, 0.5) is 0 Å². The number of halogens is 2. The van der Waals surface area contributed by atoms with E-state index in [-0.39, 0.29) is 0 Å². The molecule has 0 aliphatic heterocycles. The van der Waals surface area contributed by atoms with Gasteiger partial charge in [-0.15, -0.1) is 11.3 Å². The highest BCUT2D eigenvalue weighted by Gasteiger charge is 2.16. The van der Waals surface area contributed by atoms with E-state index in [2.05, 4.69) is 12.1 Å². The van der Waals surface area contributed by atoms with E-state index in [1.165, 1.54) is 0 Å². The number of rotatable bonds is 3. The molecule has 0 saturated carbocycles. The topological polar surface area (TPSA) is 12.9 Å². The highest BCUT2D eigenvalue weighted by atomic mass is 35.5. The van der Waals surface area contributed by atoms with Crippen LogP contribution in [0.2, 0.25) is 10.0 Å². The second-order valence-electron chi connectivity index (χ2n) is 5.58. The van der Waals surface area contributed by atoms with Crippen molar-refractivity contribution in [2.45, 2.75) is 0 Å². The van der Waals surface area contributed by atoms with Crippen LogP contribution in [-0.2, 0) is 0 Å². The zero-order chi connectivity index (χ0) is 17.2. The summed E-state index contributed by atoms with van der Waals surface area (Å²) in [5.41, 5.74) is 4.26. The molecule has 25 heavy (non-hydrogen) atoms. The summed E-state index contributed by atoms with van der Waals surface area (Å²) >= 11 is 13.7. The summed E-state index contributed by atoms with van der Waals surface area (Å²) in [6, 6.07) is 25.9. The van der Waals surface area contributed by atoms with Gasteiger partial charge in [0.15, 0.2) is 0 Å². The first-order valence-corrected chi connectivity index (χ1v) is 9.36. The number of hydrogen-bond acceptors (Lipinski definition) is 2. The number of nitrogens with zero attached hydrogens (tertiary/aromatic N) is 1. The summed E-state index contributed by atoms with van der Waals surface area (Å²) < 4.78 is 0. The van der Waals surface area contributed by atoms with Gasteiger partial charge in [0, 0.05) is 21.2 Å². The Hall–Kier alpha value is -2.13. The Morgan fingerprint density at radius 3 is 1.76 bits per heavy atom. The third-order valence-electron chi connectivity index (χ3n) is 3.87. The molecule has 4 rings (SSSR count). The Bertz CT molecular complexity index is 991. The molecule has 0 aliphatic carbocycles. The molecular formula is C21H13Cl2NS. The smallest absolute Gasteiger partial charge is 0.124 e. The fraction of sp³-hybridized carbons (Fsp3) is 0. The molecular weight excluding hydrogens is 369 g/mol. The maximum absolute atomic E-state index is 6.05. The SMILES string of the molecule is Clc1ccc(-c2nc(-c3ccccc3)c(-c3ccc(Cl)cc3)s2)cc1. The van der Waals surface area contributed by atoms with Crippen LogP contribution >= 0.6 is 34.5 Å². The van der Waals surface area contributed by atoms with Gasteiger partial charge in [-0.3, -0.25) is 0 Å². The molecule has 1 nitrogen and oxygen atoms in total. The quantitative estimate of drug-likeness (QED) is 0.359. The zero-order valence-electron chi connectivity index (χ0n) is 13.1. The minimum Gasteiger partial charge on any atom is -0.235 e. The van der Waals surface area contributed by atoms with Crippen LogP contribution in [0, 0.1) is 0 Å². The lowest BCUT2D eigenvalue weighted by atomic mass is 10.1. The minimum atomic E-state index is 0.724. The lowest BCUT2D eigenvalue weighted by molar-refractivity contribution is 1.40. The van der Waals surface area contributed by atoms with Crippen molar-refractivity contribution < 1.29 is 0 Å². The molecule has 0 spiro atoms. The number of thiazole rings is 1. The van der Waals surface area contributed by atoms with E-state index in [9.17, 15) is 0 Å². The molecule has 4 aromatic rings. The van der Waals surface area contributed by atoms with Crippen molar-refractivity contribution >= 4 is 34.5 Å². The van der Waals surface area contributed by atoms with Crippen molar-refractivity contribution in [2.24, 2.45) is 0 Å². The van der Waals surface area contributed by atoms with Gasteiger partial charge in [-0.2, -0.15) is 0 Å². The van der Waals surface area contributed by atoms with Gasteiger partial charge in [0.2, 0.25) is 0 Å². The van der Waals surface area contributed by atoms with Gasteiger partial charge in [0.25, 0.3) is 0 Å². The largest absolute Gasteiger partial charge is 0.235 e. The summed E-state index contributed by atoms with van der Waals surface area (Å²) in [7, 11) is 0. The third-order valence-corrected chi connectivity index (χ3v) is 5.53. The Labute approximate surface area is 160 Å². The molecule has 0 N–H and O–H groups in total. The fourth-order valence-corrected chi connectivity index (χ4v) is 3.97. The lowest BCUT2D eigenvalue weighted by Crippen LogP contribution is -1.82. The molecule has 0 bridgehead atoms. The second kappa shape index (κ2) is 7.01. The van der Waals surface area contributed by atoms with Gasteiger partial charge >= 0.3 is 0 Å². The van der Waals surface area contributed by atoms with Gasteiger partial charge in [0.05, 0.1) is 10.6 Å². The van der Waals surface area contributed by atoms with Crippen molar-refractivity contribution in [3.63, 3.8) is 0 Å². The number of hydrogen-bond donors (Lipinski definition) is 0. The molecule has 122 valence electrons. The van der Waals surface area contributed by atoms with E-state index in [1.807, 2.05) is 66.7 Å². The summed E-state index contributed by atoms with van der Waals surface area (Å²) in [6.45, 7) is 0. The van der Waals surface area contributed by atoms with Crippen molar-refractivity contribution in [3.05, 3.63) is 88.9 Å². The highest BCUT2D eigenvalue weighted by Crippen LogP contribution is 2.40. The van der Waals surface area contributed by atoms with Gasteiger partial charge in [0.1, 0.15) is 5.01 Å². The molecule has 0 unspecified atom stereocenters. The molecule has 0 radical (unpaired) electrons. The maximum Gasteiger partial charge on any atom is 0.124 e. The van der Waals surface area contributed by atoms with Crippen LogP contribution in [0.25, 0.3) is 32.3 Å². The first kappa shape index (κ1) is 16.3. The van der Waals surface area contributed by atoms with Gasteiger partial charge in [-0.25, -0.2) is 4.98 Å². The van der Waals surface area contributed by atoms with E-state index in [4.69, 9.17) is 28.2 Å². The van der Waals surface area contributed by atoms with Crippen molar-refractivity contribution in [1.29, 1.82) is 0 Å². The molecule has 0 fully saturated rings. The summed E-state index contributed by atoms with van der Waals surface area (Å²) in [4.78, 5) is 6.05. The first-order chi connectivity index (χ1) is 12.2. The number of aromatic nitrogens is 1. The molecule has 0 saturated heterocycles. The average Bonchev–Trinajstić information content (AvgIpc) is 3.09. The van der Waals surface area contributed by atoms with E-state index >= 15 is 0 Å². The monoisotopic (exact) mass is 381 g/mol. The Morgan fingerprint density at radius 1 is 0.600 bits per heavy atom. The van der Waals surface area contributed by atoms with E-state index in [1.54, 1.807) is 11.3 Å². The van der Waals surface area contributed by atoms with Crippen molar-refractivity contribution in [2.75, 3.05) is 0 Å². The maximum atomic E-state index is 6.05. The number of benzene rings is 3. The van der Waals surface area contributed by atoms with E-state index < -0.39 is 0 Å². The standard InChI is InChI=1S/C21H13Cl2NS/c22-17-10-6-15(7-11-17)20-19(14-4-2-1-3-5-14)24-21(25-20)16-8-12-18(23)13-9-16/h1-13H. The van der Waals surface area contributed by atoms with Crippen LogP contribution in [0.3, 0.4) is 0 Å². The van der Waals surface area contributed by atoms with Crippen LogP contribution < -0.4 is 0 Å². The van der Waals surface area contributed by atoms with Gasteiger partial charge in [-0.05, 0) is 29.8 Å². The fourth-order valence-electron chi connectivity index (χ4n) is 2.62. The van der Waals surface area contributed by atoms with Crippen molar-refractivity contribution in [1.82, 2.24) is 4.98 Å². The summed E-state index contributed by atoms with van der Waals surface area (Å²) in [5.74, 6) is 0. The Morgan fingerprint density at radius 2 is 1.16 bits per heavy atom. The van der Waals surface area contributed by atoms with Crippen LogP contribution in [0.5, 0.6) is 0 Å². The highest BCUT2D eigenvalue weighted by molar-refractivity contribution is 7.19. The van der Waals surface area contributed by atoms with E-state index in [0.29, 0.717) is 0 Å². The van der Waals surface area contributed by atoms with E-state index in [0.717, 1.165) is 42.3 Å². The molecule has 1 aromatic heterocycles. The van der Waals surface area contributed by atoms with Crippen molar-refractivity contribution in [3.8, 4) is 32.3 Å². The molecule has 0 atom stereocenters. The lowest BCUT2D eigenvalue weighted by Gasteiger charge is -2.02. The minimum absolute atomic E-state index is 0.724. The van der Waals surface area contributed by atoms with Crippen LogP contribution in [0.15, 0.2) is 78.9 Å². The second-order valence-corrected chi connectivity index (χ2v) is 7.45. The van der Waals surface area contributed by atoms with Gasteiger partial charge < -0.3 is 0 Å². The Balaban J connectivity index is 1.89. The van der Waals surface area contributed by atoms with Crippen LogP contribution in [0.1, 0.15) is 0 Å². The average molecular weight is 382 g/mol. The molecule has 4 heteroatoms. The van der Waals surface area contributed by atoms with Crippen LogP contribution in [-0.4, -0.2) is 4.98 Å².